The molecule has 1 N–H and O–H groups in total. The molecular weight excluding hydrogens is 340 g/mol. The molecule has 0 atom stereocenters. The van der Waals surface area contributed by atoms with E-state index in [2.05, 4.69) is 34.0 Å². The van der Waals surface area contributed by atoms with Crippen molar-refractivity contribution in [1.82, 2.24) is 19.4 Å². The van der Waals surface area contributed by atoms with Crippen molar-refractivity contribution in [2.24, 2.45) is 7.05 Å². The van der Waals surface area contributed by atoms with Crippen LogP contribution in [0, 0.1) is 0 Å². The van der Waals surface area contributed by atoms with Gasteiger partial charge >= 0.3 is 5.69 Å². The second-order valence-corrected chi connectivity index (χ2v) is 7.24. The molecule has 1 aliphatic heterocycles. The van der Waals surface area contributed by atoms with Gasteiger partial charge in [-0.05, 0) is 42.4 Å². The highest BCUT2D eigenvalue weighted by molar-refractivity contribution is 5.82. The van der Waals surface area contributed by atoms with Gasteiger partial charge in [-0.3, -0.25) is 9.47 Å². The van der Waals surface area contributed by atoms with Gasteiger partial charge in [-0.2, -0.15) is 0 Å². The summed E-state index contributed by atoms with van der Waals surface area (Å²) in [5.41, 5.74) is 3.87. The molecule has 1 aromatic heterocycles. The van der Waals surface area contributed by atoms with E-state index in [4.69, 9.17) is 4.74 Å². The maximum Gasteiger partial charge on any atom is 0.326 e. The fraction of sp³-hybridized carbons (Fsp3) is 0.381. The van der Waals surface area contributed by atoms with E-state index in [-0.39, 0.29) is 5.69 Å². The second kappa shape index (κ2) is 7.58. The first-order valence-electron chi connectivity index (χ1n) is 9.43. The Labute approximate surface area is 159 Å². The summed E-state index contributed by atoms with van der Waals surface area (Å²) in [4.78, 5) is 19.4. The molecule has 0 unspecified atom stereocenters. The Balaban J connectivity index is 1.38. The van der Waals surface area contributed by atoms with Gasteiger partial charge in [0.15, 0.2) is 0 Å². The first kappa shape index (κ1) is 17.8. The average molecular weight is 366 g/mol. The highest BCUT2D eigenvalue weighted by atomic mass is 16.5. The average Bonchev–Trinajstić information content (AvgIpc) is 2.97. The van der Waals surface area contributed by atoms with E-state index >= 15 is 0 Å². The van der Waals surface area contributed by atoms with Crippen LogP contribution in [0.4, 0.5) is 0 Å². The number of rotatable bonds is 5. The molecule has 0 bridgehead atoms. The van der Waals surface area contributed by atoms with Crippen LogP contribution in [-0.2, 0) is 7.05 Å². The number of aromatic amines is 1. The molecule has 1 saturated heterocycles. The van der Waals surface area contributed by atoms with Crippen LogP contribution >= 0.6 is 0 Å². The lowest BCUT2D eigenvalue weighted by Crippen LogP contribution is -2.45. The third kappa shape index (κ3) is 3.91. The number of hydrogen-bond donors (Lipinski definition) is 1. The van der Waals surface area contributed by atoms with Gasteiger partial charge < -0.3 is 14.6 Å². The van der Waals surface area contributed by atoms with Crippen molar-refractivity contribution in [3.8, 4) is 16.9 Å². The largest absolute Gasteiger partial charge is 0.492 e. The fourth-order valence-electron chi connectivity index (χ4n) is 3.51. The Morgan fingerprint density at radius 2 is 1.67 bits per heavy atom. The Morgan fingerprint density at radius 1 is 0.963 bits per heavy atom. The summed E-state index contributed by atoms with van der Waals surface area (Å²) in [6, 6.07) is 14.2. The van der Waals surface area contributed by atoms with Gasteiger partial charge in [0.25, 0.3) is 0 Å². The number of nitrogens with one attached hydrogen (secondary N) is 1. The number of piperazine rings is 1. The molecule has 2 heterocycles. The number of ether oxygens (including phenoxy) is 1. The summed E-state index contributed by atoms with van der Waals surface area (Å²) in [5.74, 6) is 0.892. The molecule has 142 valence electrons. The molecule has 0 saturated carbocycles. The quantitative estimate of drug-likeness (QED) is 0.752. The molecule has 27 heavy (non-hydrogen) atoms. The van der Waals surface area contributed by atoms with Gasteiger partial charge in [0.2, 0.25) is 0 Å². The molecule has 6 heteroatoms. The summed E-state index contributed by atoms with van der Waals surface area (Å²) in [6.07, 6.45) is 0. The number of fused-ring (bicyclic) bond motifs is 1. The van der Waals surface area contributed by atoms with Crippen LogP contribution in [0.3, 0.4) is 0 Å². The van der Waals surface area contributed by atoms with E-state index < -0.39 is 0 Å². The molecule has 0 radical (unpaired) electrons. The molecule has 4 rings (SSSR count). The molecular formula is C21H26N4O2. The number of benzene rings is 2. The van der Waals surface area contributed by atoms with Crippen LogP contribution in [0.25, 0.3) is 22.2 Å². The minimum atomic E-state index is -0.0914. The second-order valence-electron chi connectivity index (χ2n) is 7.24. The summed E-state index contributed by atoms with van der Waals surface area (Å²) >= 11 is 0. The normalized spacial score (nSPS) is 16.1. The van der Waals surface area contributed by atoms with Gasteiger partial charge in [0.05, 0.1) is 11.0 Å². The third-order valence-electron chi connectivity index (χ3n) is 5.37. The molecule has 2 aromatic carbocycles. The molecule has 6 nitrogen and oxygen atoms in total. The summed E-state index contributed by atoms with van der Waals surface area (Å²) in [7, 11) is 3.95. The SMILES string of the molecule is CN1CCN(CCOc2ccc(-c3ccc4[nH]c(=O)n(C)c4c3)cc2)CC1. The third-order valence-corrected chi connectivity index (χ3v) is 5.37. The van der Waals surface area contributed by atoms with Gasteiger partial charge in [-0.25, -0.2) is 4.79 Å². The highest BCUT2D eigenvalue weighted by Gasteiger charge is 2.13. The van der Waals surface area contributed by atoms with Crippen molar-refractivity contribution < 1.29 is 4.74 Å². The first-order valence-corrected chi connectivity index (χ1v) is 9.43. The number of hydrogen-bond acceptors (Lipinski definition) is 4. The standard InChI is InChI=1S/C21H26N4O2/c1-23-9-11-25(12-10-23)13-14-27-18-6-3-16(4-7-18)17-5-8-19-20(15-17)24(2)21(26)22-19/h3-8,15H,9-14H2,1-2H3,(H,22,26). The Hall–Kier alpha value is -2.57. The fourth-order valence-corrected chi connectivity index (χ4v) is 3.51. The minimum absolute atomic E-state index is 0.0914. The lowest BCUT2D eigenvalue weighted by atomic mass is 10.1. The van der Waals surface area contributed by atoms with Crippen LogP contribution in [0.5, 0.6) is 5.75 Å². The van der Waals surface area contributed by atoms with E-state index in [1.807, 2.05) is 30.3 Å². The van der Waals surface area contributed by atoms with Crippen molar-refractivity contribution in [1.29, 1.82) is 0 Å². The van der Waals surface area contributed by atoms with E-state index in [9.17, 15) is 4.79 Å². The molecule has 0 aliphatic carbocycles. The summed E-state index contributed by atoms with van der Waals surface area (Å²) in [5, 5.41) is 0. The lowest BCUT2D eigenvalue weighted by molar-refractivity contribution is 0.134. The zero-order valence-electron chi connectivity index (χ0n) is 15.9. The van der Waals surface area contributed by atoms with Crippen molar-refractivity contribution >= 4 is 11.0 Å². The van der Waals surface area contributed by atoms with Gasteiger partial charge in [-0.15, -0.1) is 0 Å². The van der Waals surface area contributed by atoms with Crippen LogP contribution in [0.1, 0.15) is 0 Å². The van der Waals surface area contributed by atoms with E-state index in [0.717, 1.165) is 60.6 Å². The van der Waals surface area contributed by atoms with Crippen LogP contribution in [0.2, 0.25) is 0 Å². The minimum Gasteiger partial charge on any atom is -0.492 e. The number of aryl methyl sites for hydroxylation is 1. The Bertz CT molecular complexity index is 966. The monoisotopic (exact) mass is 366 g/mol. The first-order chi connectivity index (χ1) is 13.1. The lowest BCUT2D eigenvalue weighted by Gasteiger charge is -2.32. The summed E-state index contributed by atoms with van der Waals surface area (Å²) < 4.78 is 7.55. The van der Waals surface area contributed by atoms with Crippen LogP contribution < -0.4 is 10.4 Å². The molecule has 3 aromatic rings. The number of likely N-dealkylation sites (N-methyl/N-ethyl adjacent to an activating group) is 1. The number of H-pyrrole nitrogens is 1. The van der Waals surface area contributed by atoms with E-state index in [0.29, 0.717) is 6.61 Å². The van der Waals surface area contributed by atoms with Crippen molar-refractivity contribution in [2.45, 2.75) is 0 Å². The topological polar surface area (TPSA) is 53.5 Å². The predicted octanol–water partition coefficient (Wildman–Crippen LogP) is 2.16. The maximum atomic E-state index is 11.7. The van der Waals surface area contributed by atoms with Crippen molar-refractivity contribution in [2.75, 3.05) is 46.4 Å². The van der Waals surface area contributed by atoms with Crippen molar-refractivity contribution in [3.63, 3.8) is 0 Å². The van der Waals surface area contributed by atoms with Crippen LogP contribution in [0.15, 0.2) is 47.3 Å². The zero-order chi connectivity index (χ0) is 18.8. The zero-order valence-corrected chi connectivity index (χ0v) is 15.9. The maximum absolute atomic E-state index is 11.7. The molecule has 1 fully saturated rings. The molecule has 0 spiro atoms. The number of nitrogens with zero attached hydrogens (tertiary/aromatic N) is 3. The Kier molecular flexibility index (Phi) is 5.01. The van der Waals surface area contributed by atoms with Gasteiger partial charge in [0, 0.05) is 39.8 Å². The van der Waals surface area contributed by atoms with E-state index in [1.165, 1.54) is 0 Å². The van der Waals surface area contributed by atoms with Gasteiger partial charge in [0.1, 0.15) is 12.4 Å². The van der Waals surface area contributed by atoms with Crippen LogP contribution in [-0.4, -0.2) is 65.7 Å². The Morgan fingerprint density at radius 3 is 2.41 bits per heavy atom. The summed E-state index contributed by atoms with van der Waals surface area (Å²) in [6.45, 7) is 6.16. The number of imidazole rings is 1. The van der Waals surface area contributed by atoms with E-state index in [1.54, 1.807) is 11.6 Å². The number of aromatic nitrogens is 2. The molecule has 0 amide bonds. The molecule has 1 aliphatic rings. The predicted molar refractivity (Wildman–Crippen MR) is 108 cm³/mol. The van der Waals surface area contributed by atoms with Gasteiger partial charge in [-0.1, -0.05) is 18.2 Å². The highest BCUT2D eigenvalue weighted by Crippen LogP contribution is 2.25. The van der Waals surface area contributed by atoms with Crippen molar-refractivity contribution in [3.05, 3.63) is 52.9 Å². The smallest absolute Gasteiger partial charge is 0.326 e.